The van der Waals surface area contributed by atoms with Crippen molar-refractivity contribution in [1.82, 2.24) is 9.13 Å². The predicted octanol–water partition coefficient (Wildman–Crippen LogP) is 4.69. The van der Waals surface area contributed by atoms with Crippen LogP contribution >= 0.6 is 12.2 Å². The minimum atomic E-state index is 0.111. The molecule has 0 atom stereocenters. The van der Waals surface area contributed by atoms with Crippen molar-refractivity contribution in [2.45, 2.75) is 6.54 Å². The Labute approximate surface area is 139 Å². The highest BCUT2D eigenvalue weighted by Gasteiger charge is 2.08. The van der Waals surface area contributed by atoms with E-state index in [4.69, 9.17) is 17.0 Å². The molecule has 4 nitrogen and oxygen atoms in total. The van der Waals surface area contributed by atoms with Gasteiger partial charge in [-0.3, -0.25) is 9.13 Å². The molecule has 0 aliphatic carbocycles. The lowest BCUT2D eigenvalue weighted by atomic mass is 10.3. The fourth-order valence-corrected chi connectivity index (χ4v) is 2.58. The molecular formula is C18H16N2O2S. The maximum absolute atomic E-state index is 9.96. The van der Waals surface area contributed by atoms with Gasteiger partial charge in [0.15, 0.2) is 4.77 Å². The zero-order valence-corrected chi connectivity index (χ0v) is 13.2. The van der Waals surface area contributed by atoms with Gasteiger partial charge in [-0.15, -0.1) is 6.58 Å². The van der Waals surface area contributed by atoms with E-state index in [2.05, 4.69) is 6.58 Å². The Kier molecular flexibility index (Phi) is 4.30. The lowest BCUT2D eigenvalue weighted by Gasteiger charge is -2.07. The first kappa shape index (κ1) is 15.1. The maximum Gasteiger partial charge on any atom is 0.210 e. The van der Waals surface area contributed by atoms with Crippen molar-refractivity contribution in [3.05, 3.63) is 78.2 Å². The van der Waals surface area contributed by atoms with Gasteiger partial charge in [0.25, 0.3) is 0 Å². The molecule has 0 unspecified atom stereocenters. The van der Waals surface area contributed by atoms with Gasteiger partial charge in [0.1, 0.15) is 11.5 Å². The van der Waals surface area contributed by atoms with Crippen molar-refractivity contribution in [2.24, 2.45) is 0 Å². The summed E-state index contributed by atoms with van der Waals surface area (Å²) in [5.74, 6) is 1.63. The molecule has 3 rings (SSSR count). The molecule has 0 saturated heterocycles. The van der Waals surface area contributed by atoms with E-state index < -0.39 is 0 Å². The number of aromatic hydroxyl groups is 1. The summed E-state index contributed by atoms with van der Waals surface area (Å²) in [5, 5.41) is 9.96. The second-order valence-electron chi connectivity index (χ2n) is 4.95. The van der Waals surface area contributed by atoms with E-state index in [-0.39, 0.29) is 5.88 Å². The molecule has 0 fully saturated rings. The molecule has 1 N–H and O–H groups in total. The third-order valence-corrected chi connectivity index (χ3v) is 3.78. The lowest BCUT2D eigenvalue weighted by Crippen LogP contribution is -1.98. The van der Waals surface area contributed by atoms with Gasteiger partial charge in [-0.1, -0.05) is 24.3 Å². The molecule has 0 spiro atoms. The molecule has 0 saturated carbocycles. The molecule has 116 valence electrons. The van der Waals surface area contributed by atoms with Crippen molar-refractivity contribution in [2.75, 3.05) is 0 Å². The van der Waals surface area contributed by atoms with Crippen LogP contribution in [0.2, 0.25) is 0 Å². The van der Waals surface area contributed by atoms with Gasteiger partial charge >= 0.3 is 0 Å². The molecule has 0 bridgehead atoms. The van der Waals surface area contributed by atoms with Crippen LogP contribution in [0.5, 0.6) is 17.4 Å². The highest BCUT2D eigenvalue weighted by Crippen LogP contribution is 2.24. The van der Waals surface area contributed by atoms with E-state index in [1.807, 2.05) is 54.6 Å². The largest absolute Gasteiger partial charge is 0.493 e. The molecule has 1 heterocycles. The zero-order chi connectivity index (χ0) is 16.2. The zero-order valence-electron chi connectivity index (χ0n) is 12.4. The van der Waals surface area contributed by atoms with Crippen LogP contribution in [0.4, 0.5) is 0 Å². The first-order valence-corrected chi connectivity index (χ1v) is 7.55. The van der Waals surface area contributed by atoms with E-state index in [0.717, 1.165) is 17.2 Å². The molecule has 1 aromatic heterocycles. The van der Waals surface area contributed by atoms with Gasteiger partial charge in [0.2, 0.25) is 5.88 Å². The van der Waals surface area contributed by atoms with Crippen LogP contribution < -0.4 is 4.74 Å². The molecule has 3 aromatic rings. The summed E-state index contributed by atoms with van der Waals surface area (Å²) >= 11 is 5.38. The number of aromatic nitrogens is 2. The first-order valence-electron chi connectivity index (χ1n) is 7.14. The number of benzene rings is 2. The van der Waals surface area contributed by atoms with E-state index in [1.54, 1.807) is 21.4 Å². The summed E-state index contributed by atoms with van der Waals surface area (Å²) in [7, 11) is 0. The lowest BCUT2D eigenvalue weighted by molar-refractivity contribution is 0.425. The predicted molar refractivity (Wildman–Crippen MR) is 93.0 cm³/mol. The van der Waals surface area contributed by atoms with Gasteiger partial charge in [-0.2, -0.15) is 0 Å². The molecule has 0 aliphatic rings. The summed E-state index contributed by atoms with van der Waals surface area (Å²) in [6.07, 6.45) is 3.29. The molecule has 0 radical (unpaired) electrons. The van der Waals surface area contributed by atoms with Crippen LogP contribution in [-0.4, -0.2) is 14.2 Å². The molecular weight excluding hydrogens is 308 g/mol. The second-order valence-corrected chi connectivity index (χ2v) is 5.31. The number of hydrogen-bond acceptors (Lipinski definition) is 3. The summed E-state index contributed by atoms with van der Waals surface area (Å²) in [6, 6.07) is 17.1. The number of rotatable bonds is 5. The highest BCUT2D eigenvalue weighted by atomic mass is 32.1. The normalized spacial score (nSPS) is 10.4. The average Bonchev–Trinajstić information content (AvgIpc) is 2.85. The van der Waals surface area contributed by atoms with Crippen LogP contribution in [-0.2, 0) is 6.54 Å². The molecule has 0 aliphatic heterocycles. The van der Waals surface area contributed by atoms with Crippen molar-refractivity contribution in [3.63, 3.8) is 0 Å². The molecule has 23 heavy (non-hydrogen) atoms. The Balaban J connectivity index is 1.87. The third kappa shape index (κ3) is 3.19. The van der Waals surface area contributed by atoms with Crippen LogP contribution in [0.1, 0.15) is 0 Å². The van der Waals surface area contributed by atoms with Gasteiger partial charge in [-0.25, -0.2) is 0 Å². The highest BCUT2D eigenvalue weighted by molar-refractivity contribution is 7.71. The summed E-state index contributed by atoms with van der Waals surface area (Å²) in [6.45, 7) is 4.13. The van der Waals surface area contributed by atoms with E-state index >= 15 is 0 Å². The van der Waals surface area contributed by atoms with Crippen LogP contribution in [0, 0.1) is 4.77 Å². The fourth-order valence-electron chi connectivity index (χ4n) is 2.25. The molecule has 5 heteroatoms. The summed E-state index contributed by atoms with van der Waals surface area (Å²) < 4.78 is 9.64. The Hall–Kier alpha value is -2.79. The third-order valence-electron chi connectivity index (χ3n) is 3.36. The van der Waals surface area contributed by atoms with Gasteiger partial charge < -0.3 is 9.84 Å². The maximum atomic E-state index is 9.96. The van der Waals surface area contributed by atoms with Crippen molar-refractivity contribution in [3.8, 4) is 23.1 Å². The van der Waals surface area contributed by atoms with Crippen LogP contribution in [0.3, 0.4) is 0 Å². The number of nitrogens with zero attached hydrogens (tertiary/aromatic N) is 2. The standard InChI is InChI=1S/C18H16N2O2S/c1-2-12-19-17(21)13-20(18(19)23)14-8-10-16(11-9-14)22-15-6-4-3-5-7-15/h2-11,13,21H,1,12H2. The molecule has 0 amide bonds. The van der Waals surface area contributed by atoms with Crippen molar-refractivity contribution >= 4 is 12.2 Å². The SMILES string of the molecule is C=CCn1c(O)cn(-c2ccc(Oc3ccccc3)cc2)c1=S. The number of ether oxygens (including phenoxy) is 1. The minimum Gasteiger partial charge on any atom is -0.493 e. The number of allylic oxidation sites excluding steroid dienone is 1. The monoisotopic (exact) mass is 324 g/mol. The van der Waals surface area contributed by atoms with Crippen molar-refractivity contribution in [1.29, 1.82) is 0 Å². The number of para-hydroxylation sites is 1. The Morgan fingerprint density at radius 1 is 1.04 bits per heavy atom. The van der Waals surface area contributed by atoms with Gasteiger partial charge in [0.05, 0.1) is 6.20 Å². The van der Waals surface area contributed by atoms with Gasteiger partial charge in [-0.05, 0) is 48.6 Å². The summed E-state index contributed by atoms with van der Waals surface area (Å²) in [4.78, 5) is 0. The Bertz CT molecular complexity index is 864. The van der Waals surface area contributed by atoms with E-state index in [9.17, 15) is 5.11 Å². The van der Waals surface area contributed by atoms with E-state index in [0.29, 0.717) is 11.3 Å². The minimum absolute atomic E-state index is 0.111. The number of hydrogen-bond donors (Lipinski definition) is 1. The molecule has 2 aromatic carbocycles. The Morgan fingerprint density at radius 3 is 2.35 bits per heavy atom. The van der Waals surface area contributed by atoms with Gasteiger partial charge in [0, 0.05) is 12.2 Å². The quantitative estimate of drug-likeness (QED) is 0.546. The average molecular weight is 324 g/mol. The Morgan fingerprint density at radius 2 is 1.70 bits per heavy atom. The summed E-state index contributed by atoms with van der Waals surface area (Å²) in [5.41, 5.74) is 0.855. The van der Waals surface area contributed by atoms with Crippen LogP contribution in [0.25, 0.3) is 5.69 Å². The van der Waals surface area contributed by atoms with Crippen LogP contribution in [0.15, 0.2) is 73.4 Å². The smallest absolute Gasteiger partial charge is 0.210 e. The van der Waals surface area contributed by atoms with E-state index in [1.165, 1.54) is 0 Å². The first-order chi connectivity index (χ1) is 11.2. The van der Waals surface area contributed by atoms with Crippen molar-refractivity contribution < 1.29 is 9.84 Å². The second kappa shape index (κ2) is 6.54. The number of imidazole rings is 1. The topological polar surface area (TPSA) is 39.3 Å². The fraction of sp³-hybridized carbons (Fsp3) is 0.0556.